The lowest BCUT2D eigenvalue weighted by atomic mass is 9.97. The Labute approximate surface area is 256 Å². The summed E-state index contributed by atoms with van der Waals surface area (Å²) in [5.74, 6) is 0.920. The van der Waals surface area contributed by atoms with E-state index in [1.54, 1.807) is 15.8 Å². The largest absolute Gasteiger partial charge is 0.477 e. The van der Waals surface area contributed by atoms with Gasteiger partial charge < -0.3 is 15.0 Å². The van der Waals surface area contributed by atoms with Gasteiger partial charge in [0.25, 0.3) is 0 Å². The quantitative estimate of drug-likeness (QED) is 0.250. The van der Waals surface area contributed by atoms with Gasteiger partial charge in [-0.15, -0.1) is 0 Å². The summed E-state index contributed by atoms with van der Waals surface area (Å²) in [6, 6.07) is 6.95. The Bertz CT molecular complexity index is 1870. The van der Waals surface area contributed by atoms with E-state index in [1.165, 1.54) is 6.92 Å². The lowest BCUT2D eigenvalue weighted by Crippen LogP contribution is -2.47. The summed E-state index contributed by atoms with van der Waals surface area (Å²) in [5, 5.41) is 8.21. The molecule has 43 heavy (non-hydrogen) atoms. The van der Waals surface area contributed by atoms with Gasteiger partial charge in [-0.2, -0.15) is 10.1 Å². The van der Waals surface area contributed by atoms with Gasteiger partial charge >= 0.3 is 0 Å². The minimum atomic E-state index is -0.626. The first-order chi connectivity index (χ1) is 20.5. The lowest BCUT2D eigenvalue weighted by molar-refractivity contribution is -0.138. The molecule has 7 rings (SSSR count). The number of carbonyl (C=O) groups excluding carboxylic acids is 3. The predicted molar refractivity (Wildman–Crippen MR) is 162 cm³/mol. The molecule has 0 bridgehead atoms. The zero-order chi connectivity index (χ0) is 30.2. The number of aryl methyl sites for hydroxylation is 2. The van der Waals surface area contributed by atoms with Crippen LogP contribution < -0.4 is 10.1 Å². The number of Topliss-reactive ketones (excluding diaryl/α,β-unsaturated/α-hetero) is 1. The Kier molecular flexibility index (Phi) is 6.38. The van der Waals surface area contributed by atoms with Crippen molar-refractivity contribution < 1.29 is 19.1 Å². The molecule has 1 saturated carbocycles. The van der Waals surface area contributed by atoms with Crippen molar-refractivity contribution in [2.45, 2.75) is 65.6 Å². The van der Waals surface area contributed by atoms with Crippen molar-refractivity contribution in [2.75, 3.05) is 11.9 Å². The number of aromatic nitrogens is 5. The minimum absolute atomic E-state index is 0.0187. The smallest absolute Gasteiger partial charge is 0.248 e. The SMILES string of the molecule is CC(=O)c1nn(CC(=O)N2[C@H](C(=O)Nc3nc(Br)ccc3C)C[C@@]3(C)C[C@@H]23)c2cc3c(cc12)-c1cnc(C)nc1OCC3. The van der Waals surface area contributed by atoms with Crippen LogP contribution in [0.1, 0.15) is 54.1 Å². The van der Waals surface area contributed by atoms with Crippen molar-refractivity contribution in [3.05, 3.63) is 57.7 Å². The molecule has 0 unspecified atom stereocenters. The van der Waals surface area contributed by atoms with E-state index < -0.39 is 6.04 Å². The maximum Gasteiger partial charge on any atom is 0.248 e. The highest BCUT2D eigenvalue weighted by molar-refractivity contribution is 9.10. The number of anilines is 1. The van der Waals surface area contributed by atoms with E-state index in [2.05, 4.69) is 48.2 Å². The third-order valence-corrected chi connectivity index (χ3v) is 9.34. The van der Waals surface area contributed by atoms with E-state index in [0.717, 1.165) is 28.7 Å². The van der Waals surface area contributed by atoms with Gasteiger partial charge in [-0.3, -0.25) is 19.1 Å². The van der Waals surface area contributed by atoms with Crippen LogP contribution in [0.2, 0.25) is 0 Å². The molecule has 0 spiro atoms. The van der Waals surface area contributed by atoms with Crippen LogP contribution in [0, 0.1) is 19.3 Å². The molecule has 3 aromatic heterocycles. The summed E-state index contributed by atoms with van der Waals surface area (Å²) in [7, 11) is 0. The monoisotopic (exact) mass is 643 g/mol. The normalized spacial score (nSPS) is 21.8. The number of nitrogens with one attached hydrogen (secondary N) is 1. The fraction of sp³-hybridized carbons (Fsp3) is 0.387. The zero-order valence-electron chi connectivity index (χ0n) is 24.3. The van der Waals surface area contributed by atoms with Gasteiger partial charge in [0.05, 0.1) is 17.7 Å². The fourth-order valence-corrected chi connectivity index (χ4v) is 6.81. The highest BCUT2D eigenvalue weighted by Gasteiger charge is 2.64. The number of rotatable bonds is 5. The molecule has 2 amide bonds. The van der Waals surface area contributed by atoms with Crippen LogP contribution in [0.15, 0.2) is 35.1 Å². The number of nitrogens with zero attached hydrogens (tertiary/aromatic N) is 6. The molecular weight excluding hydrogens is 614 g/mol. The van der Waals surface area contributed by atoms with Gasteiger partial charge in [0.15, 0.2) is 5.78 Å². The molecule has 3 atom stereocenters. The number of likely N-dealkylation sites (tertiary alicyclic amines) is 1. The maximum atomic E-state index is 14.0. The molecular formula is C31H30BrN7O4. The first kappa shape index (κ1) is 27.6. The van der Waals surface area contributed by atoms with E-state index in [0.29, 0.717) is 52.5 Å². The maximum absolute atomic E-state index is 14.0. The molecule has 1 aliphatic carbocycles. The van der Waals surface area contributed by atoms with Crippen LogP contribution in [0.5, 0.6) is 5.88 Å². The first-order valence-electron chi connectivity index (χ1n) is 14.3. The molecule has 4 aromatic rings. The highest BCUT2D eigenvalue weighted by Crippen LogP contribution is 2.59. The van der Waals surface area contributed by atoms with Crippen LogP contribution in [-0.4, -0.2) is 65.9 Å². The Balaban J connectivity index is 1.23. The van der Waals surface area contributed by atoms with Crippen molar-refractivity contribution in [1.29, 1.82) is 0 Å². The number of ether oxygens (including phenoxy) is 1. The molecule has 1 aromatic carbocycles. The number of amides is 2. The second kappa shape index (κ2) is 9.94. The molecule has 220 valence electrons. The highest BCUT2D eigenvalue weighted by atomic mass is 79.9. The van der Waals surface area contributed by atoms with Crippen LogP contribution in [0.4, 0.5) is 5.82 Å². The van der Waals surface area contributed by atoms with Crippen molar-refractivity contribution in [1.82, 2.24) is 29.6 Å². The van der Waals surface area contributed by atoms with Crippen molar-refractivity contribution in [3.8, 4) is 17.0 Å². The molecule has 0 radical (unpaired) electrons. The Hall–Kier alpha value is -4.19. The number of hydrogen-bond acceptors (Lipinski definition) is 8. The van der Waals surface area contributed by atoms with Gasteiger partial charge in [0.1, 0.15) is 34.5 Å². The summed E-state index contributed by atoms with van der Waals surface area (Å²) < 4.78 is 8.14. The number of piperidine rings is 1. The van der Waals surface area contributed by atoms with E-state index in [-0.39, 0.29) is 41.3 Å². The number of fused-ring (bicyclic) bond motifs is 5. The van der Waals surface area contributed by atoms with Crippen LogP contribution in [-0.2, 0) is 22.6 Å². The average molecular weight is 645 g/mol. The second-order valence-electron chi connectivity index (χ2n) is 12.0. The minimum Gasteiger partial charge on any atom is -0.477 e. The summed E-state index contributed by atoms with van der Waals surface area (Å²) in [4.78, 5) is 55.2. The molecule has 2 aliphatic heterocycles. The van der Waals surface area contributed by atoms with Gasteiger partial charge in [0.2, 0.25) is 17.7 Å². The van der Waals surface area contributed by atoms with E-state index >= 15 is 0 Å². The molecule has 11 nitrogen and oxygen atoms in total. The van der Waals surface area contributed by atoms with Gasteiger partial charge in [-0.25, -0.2) is 9.97 Å². The summed E-state index contributed by atoms with van der Waals surface area (Å²) in [6.45, 7) is 7.61. The van der Waals surface area contributed by atoms with E-state index in [4.69, 9.17) is 4.74 Å². The predicted octanol–water partition coefficient (Wildman–Crippen LogP) is 4.42. The first-order valence-corrected chi connectivity index (χ1v) is 15.1. The topological polar surface area (TPSA) is 132 Å². The number of pyridine rings is 1. The molecule has 1 saturated heterocycles. The summed E-state index contributed by atoms with van der Waals surface area (Å²) in [5.41, 5.74) is 4.33. The third kappa shape index (κ3) is 4.68. The summed E-state index contributed by atoms with van der Waals surface area (Å²) >= 11 is 3.36. The third-order valence-electron chi connectivity index (χ3n) is 8.90. The molecule has 3 aliphatic rings. The number of carbonyl (C=O) groups is 3. The standard InChI is InChI=1S/C31H30BrN7O4/c1-15-5-6-25(32)35-28(15)36-29(42)23-11-31(4)12-24(31)39(23)26(41)14-38-22-9-18-7-8-43-30-21(13-33-17(3)34-30)19(18)10-20(22)27(37-38)16(2)40/h5-6,9-10,13,23-24H,7-8,11-12,14H2,1-4H3,(H,35,36,42)/t23-,24+,31-/m0/s1. The Morgan fingerprint density at radius 2 is 1.95 bits per heavy atom. The van der Waals surface area contributed by atoms with Crippen molar-refractivity contribution in [2.24, 2.45) is 5.41 Å². The van der Waals surface area contributed by atoms with Crippen molar-refractivity contribution in [3.63, 3.8) is 0 Å². The van der Waals surface area contributed by atoms with Crippen LogP contribution in [0.25, 0.3) is 22.0 Å². The number of halogens is 1. The molecule has 12 heteroatoms. The average Bonchev–Trinajstić information content (AvgIpc) is 3.41. The second-order valence-corrected chi connectivity index (χ2v) is 12.8. The number of benzene rings is 1. The zero-order valence-corrected chi connectivity index (χ0v) is 25.9. The van der Waals surface area contributed by atoms with E-state index in [1.807, 2.05) is 38.1 Å². The number of hydrogen-bond donors (Lipinski definition) is 1. The van der Waals surface area contributed by atoms with Gasteiger partial charge in [0, 0.05) is 31.0 Å². The molecule has 1 N–H and O–H groups in total. The van der Waals surface area contributed by atoms with Crippen LogP contribution >= 0.6 is 15.9 Å². The fourth-order valence-electron chi connectivity index (χ4n) is 6.50. The molecule has 5 heterocycles. The van der Waals surface area contributed by atoms with Crippen molar-refractivity contribution >= 4 is 50.2 Å². The summed E-state index contributed by atoms with van der Waals surface area (Å²) in [6.07, 6.45) is 3.79. The Morgan fingerprint density at radius 3 is 2.74 bits per heavy atom. The molecule has 2 fully saturated rings. The van der Waals surface area contributed by atoms with Gasteiger partial charge in [-0.1, -0.05) is 13.0 Å². The van der Waals surface area contributed by atoms with E-state index in [9.17, 15) is 14.4 Å². The Morgan fingerprint density at radius 1 is 1.14 bits per heavy atom. The van der Waals surface area contributed by atoms with Gasteiger partial charge in [-0.05, 0) is 82.9 Å². The number of ketones is 1. The van der Waals surface area contributed by atoms with Crippen LogP contribution in [0.3, 0.4) is 0 Å². The lowest BCUT2D eigenvalue weighted by Gasteiger charge is -2.27.